The molecule has 0 N–H and O–H groups in total. The predicted molar refractivity (Wildman–Crippen MR) is 109 cm³/mol. The maximum absolute atomic E-state index is 6.20. The van der Waals surface area contributed by atoms with Gasteiger partial charge in [0.05, 0.1) is 0 Å². The monoisotopic (exact) mass is 446 g/mol. The van der Waals surface area contributed by atoms with Crippen LogP contribution < -0.4 is 0 Å². The van der Waals surface area contributed by atoms with Crippen LogP contribution in [0, 0.1) is 0 Å². The van der Waals surface area contributed by atoms with Gasteiger partial charge in [-0.3, -0.25) is 9.68 Å². The number of hydroxylamine groups is 4. The standard InChI is InChI=1S/C19H18Cl4N2O2/c1-2-19-24(26-11-13-15(20)5-3-6-16(13)21)9-10-25(19)27-12-14-17(22)7-4-8-18(14)23/h3-10,19H,2,11-12H2,1H3. The van der Waals surface area contributed by atoms with E-state index in [2.05, 4.69) is 0 Å². The Morgan fingerprint density at radius 3 is 1.44 bits per heavy atom. The second kappa shape index (κ2) is 9.37. The molecule has 0 spiro atoms. The van der Waals surface area contributed by atoms with E-state index in [-0.39, 0.29) is 19.4 Å². The molecular weight excluding hydrogens is 430 g/mol. The fraction of sp³-hybridized carbons (Fsp3) is 0.263. The molecule has 27 heavy (non-hydrogen) atoms. The minimum atomic E-state index is -0.132. The summed E-state index contributed by atoms with van der Waals surface area (Å²) < 4.78 is 0. The van der Waals surface area contributed by atoms with Gasteiger partial charge in [0, 0.05) is 43.6 Å². The Bertz CT molecular complexity index is 725. The number of benzene rings is 2. The Hall–Kier alpha value is -1.14. The molecule has 1 aliphatic rings. The molecule has 1 aliphatic heterocycles. The third kappa shape index (κ3) is 4.83. The van der Waals surface area contributed by atoms with Gasteiger partial charge in [0.15, 0.2) is 6.17 Å². The van der Waals surface area contributed by atoms with E-state index in [0.717, 1.165) is 17.5 Å². The topological polar surface area (TPSA) is 24.9 Å². The minimum Gasteiger partial charge on any atom is -0.267 e. The molecule has 0 fully saturated rings. The molecule has 0 aromatic heterocycles. The van der Waals surface area contributed by atoms with Crippen LogP contribution in [0.1, 0.15) is 24.5 Å². The lowest BCUT2D eigenvalue weighted by Gasteiger charge is -2.30. The van der Waals surface area contributed by atoms with Gasteiger partial charge in [-0.15, -0.1) is 0 Å². The molecule has 4 nitrogen and oxygen atoms in total. The molecule has 0 aliphatic carbocycles. The minimum absolute atomic E-state index is 0.132. The van der Waals surface area contributed by atoms with Gasteiger partial charge in [0.1, 0.15) is 13.2 Å². The van der Waals surface area contributed by atoms with Crippen molar-refractivity contribution in [2.75, 3.05) is 0 Å². The van der Waals surface area contributed by atoms with Gasteiger partial charge < -0.3 is 0 Å². The first-order chi connectivity index (χ1) is 13.0. The molecule has 0 saturated carbocycles. The van der Waals surface area contributed by atoms with Crippen molar-refractivity contribution in [3.63, 3.8) is 0 Å². The Kier molecular flexibility index (Phi) is 7.15. The van der Waals surface area contributed by atoms with Crippen molar-refractivity contribution in [3.05, 3.63) is 80.0 Å². The molecule has 2 aromatic carbocycles. The molecule has 2 aromatic rings. The summed E-state index contributed by atoms with van der Waals surface area (Å²) in [7, 11) is 0. The average Bonchev–Trinajstić information content (AvgIpc) is 3.03. The van der Waals surface area contributed by atoms with Crippen LogP contribution in [0.25, 0.3) is 0 Å². The van der Waals surface area contributed by atoms with E-state index in [1.165, 1.54) is 0 Å². The third-order valence-electron chi connectivity index (χ3n) is 4.15. The number of hydrogen-bond acceptors (Lipinski definition) is 4. The van der Waals surface area contributed by atoms with Crippen LogP contribution >= 0.6 is 46.4 Å². The summed E-state index contributed by atoms with van der Waals surface area (Å²) in [5, 5.41) is 5.71. The van der Waals surface area contributed by atoms with Crippen molar-refractivity contribution < 1.29 is 9.68 Å². The van der Waals surface area contributed by atoms with Crippen LogP contribution in [0.5, 0.6) is 0 Å². The zero-order valence-electron chi connectivity index (χ0n) is 14.5. The normalized spacial score (nSPS) is 14.4. The Balaban J connectivity index is 1.61. The summed E-state index contributed by atoms with van der Waals surface area (Å²) in [6.07, 6.45) is 4.23. The van der Waals surface area contributed by atoms with Gasteiger partial charge in [-0.05, 0) is 30.7 Å². The van der Waals surface area contributed by atoms with Crippen molar-refractivity contribution >= 4 is 46.4 Å². The highest BCUT2D eigenvalue weighted by Crippen LogP contribution is 2.29. The third-order valence-corrected chi connectivity index (χ3v) is 5.57. The molecule has 0 bridgehead atoms. The van der Waals surface area contributed by atoms with E-state index in [1.807, 2.05) is 6.92 Å². The predicted octanol–water partition coefficient (Wildman–Crippen LogP) is 6.69. The van der Waals surface area contributed by atoms with E-state index < -0.39 is 0 Å². The van der Waals surface area contributed by atoms with Crippen LogP contribution in [0.4, 0.5) is 0 Å². The van der Waals surface area contributed by atoms with E-state index in [4.69, 9.17) is 56.1 Å². The Morgan fingerprint density at radius 2 is 1.11 bits per heavy atom. The van der Waals surface area contributed by atoms with Gasteiger partial charge in [0.2, 0.25) is 0 Å². The van der Waals surface area contributed by atoms with E-state index in [0.29, 0.717) is 20.1 Å². The summed E-state index contributed by atoms with van der Waals surface area (Å²) in [6.45, 7) is 2.54. The summed E-state index contributed by atoms with van der Waals surface area (Å²) in [4.78, 5) is 11.8. The summed E-state index contributed by atoms with van der Waals surface area (Å²) in [5.74, 6) is 0. The molecule has 0 atom stereocenters. The molecule has 144 valence electrons. The molecule has 3 rings (SSSR count). The van der Waals surface area contributed by atoms with Crippen LogP contribution in [-0.4, -0.2) is 16.3 Å². The number of halogens is 4. The molecule has 1 heterocycles. The van der Waals surface area contributed by atoms with Gasteiger partial charge in [-0.1, -0.05) is 65.5 Å². The van der Waals surface area contributed by atoms with Gasteiger partial charge in [-0.2, -0.15) is 0 Å². The van der Waals surface area contributed by atoms with E-state index in [9.17, 15) is 0 Å². The summed E-state index contributed by atoms with van der Waals surface area (Å²) >= 11 is 24.8. The first-order valence-electron chi connectivity index (χ1n) is 8.38. The number of hydrogen-bond donors (Lipinski definition) is 0. The molecule has 0 amide bonds. The van der Waals surface area contributed by atoms with Gasteiger partial charge in [-0.25, -0.2) is 10.1 Å². The first kappa shape index (κ1) is 20.6. The fourth-order valence-corrected chi connectivity index (χ4v) is 3.69. The van der Waals surface area contributed by atoms with Crippen LogP contribution in [0.2, 0.25) is 20.1 Å². The number of nitrogens with zero attached hydrogens (tertiary/aromatic N) is 2. The van der Waals surface area contributed by atoms with E-state index in [1.54, 1.807) is 58.9 Å². The average molecular weight is 448 g/mol. The SMILES string of the molecule is CCC1N(OCc2c(Cl)cccc2Cl)C=CN1OCc1c(Cl)cccc1Cl. The van der Waals surface area contributed by atoms with Gasteiger partial charge >= 0.3 is 0 Å². The van der Waals surface area contributed by atoms with Gasteiger partial charge in [0.25, 0.3) is 0 Å². The lowest BCUT2D eigenvalue weighted by molar-refractivity contribution is -0.247. The first-order valence-corrected chi connectivity index (χ1v) is 9.89. The van der Waals surface area contributed by atoms with Crippen LogP contribution in [-0.2, 0) is 22.9 Å². The Morgan fingerprint density at radius 1 is 0.741 bits per heavy atom. The molecule has 0 saturated heterocycles. The maximum atomic E-state index is 6.20. The fourth-order valence-electron chi connectivity index (χ4n) is 2.68. The largest absolute Gasteiger partial charge is 0.267 e. The zero-order valence-corrected chi connectivity index (χ0v) is 17.6. The molecular formula is C19H18Cl4N2O2. The molecule has 0 unspecified atom stereocenters. The van der Waals surface area contributed by atoms with Crippen molar-refractivity contribution in [3.8, 4) is 0 Å². The summed E-state index contributed by atoms with van der Waals surface area (Å²) in [6, 6.07) is 10.7. The highest BCUT2D eigenvalue weighted by molar-refractivity contribution is 6.36. The maximum Gasteiger partial charge on any atom is 0.151 e. The lowest BCUT2D eigenvalue weighted by Crippen LogP contribution is -2.38. The second-order valence-electron chi connectivity index (χ2n) is 5.85. The zero-order chi connectivity index (χ0) is 19.4. The highest BCUT2D eigenvalue weighted by Gasteiger charge is 2.27. The summed E-state index contributed by atoms with van der Waals surface area (Å²) in [5.41, 5.74) is 1.48. The van der Waals surface area contributed by atoms with E-state index >= 15 is 0 Å². The molecule has 8 heteroatoms. The second-order valence-corrected chi connectivity index (χ2v) is 7.48. The van der Waals surface area contributed by atoms with Crippen molar-refractivity contribution in [2.45, 2.75) is 32.7 Å². The van der Waals surface area contributed by atoms with Crippen molar-refractivity contribution in [1.82, 2.24) is 10.1 Å². The van der Waals surface area contributed by atoms with Crippen LogP contribution in [0.15, 0.2) is 48.8 Å². The smallest absolute Gasteiger partial charge is 0.151 e. The van der Waals surface area contributed by atoms with Crippen molar-refractivity contribution in [1.29, 1.82) is 0 Å². The molecule has 0 radical (unpaired) electrons. The quantitative estimate of drug-likeness (QED) is 0.472. The van der Waals surface area contributed by atoms with Crippen LogP contribution in [0.3, 0.4) is 0 Å². The highest BCUT2D eigenvalue weighted by atomic mass is 35.5. The Labute approximate surface area is 178 Å². The van der Waals surface area contributed by atoms with Crippen molar-refractivity contribution in [2.24, 2.45) is 0 Å². The lowest BCUT2D eigenvalue weighted by atomic mass is 10.2. The number of rotatable bonds is 7.